The predicted octanol–water partition coefficient (Wildman–Crippen LogP) is 1.30. The minimum Gasteiger partial charge on any atom is -0.355 e. The Kier molecular flexibility index (Phi) is 4.53. The fraction of sp³-hybridized carbons (Fsp3) is 0.412. The summed E-state index contributed by atoms with van der Waals surface area (Å²) < 4.78 is 2.19. The number of amides is 1. The van der Waals surface area contributed by atoms with Crippen LogP contribution in [0.2, 0.25) is 0 Å². The maximum Gasteiger partial charge on any atom is 0.226 e. The number of pyridine rings is 1. The largest absolute Gasteiger partial charge is 0.355 e. The van der Waals surface area contributed by atoms with Gasteiger partial charge in [0.25, 0.3) is 0 Å². The van der Waals surface area contributed by atoms with Crippen molar-refractivity contribution in [2.75, 3.05) is 20.1 Å². The maximum absolute atomic E-state index is 12.5. The molecular weight excluding hydrogens is 276 g/mol. The number of nitrogens with zero attached hydrogens (tertiary/aromatic N) is 3. The van der Waals surface area contributed by atoms with E-state index < -0.39 is 0 Å². The highest BCUT2D eigenvalue weighted by Crippen LogP contribution is 2.16. The molecule has 0 radical (unpaired) electrons. The Bertz CT molecular complexity index is 623. The summed E-state index contributed by atoms with van der Waals surface area (Å²) in [5, 5.41) is 3.07. The van der Waals surface area contributed by atoms with Gasteiger partial charge in [-0.3, -0.25) is 14.7 Å². The molecule has 1 atom stereocenters. The summed E-state index contributed by atoms with van der Waals surface area (Å²) in [5.74, 6) is 0.138. The fourth-order valence-electron chi connectivity index (χ4n) is 2.97. The van der Waals surface area contributed by atoms with Gasteiger partial charge in [-0.25, -0.2) is 0 Å². The third kappa shape index (κ3) is 3.54. The first-order chi connectivity index (χ1) is 10.7. The van der Waals surface area contributed by atoms with Crippen molar-refractivity contribution >= 4 is 5.91 Å². The van der Waals surface area contributed by atoms with Gasteiger partial charge in [0.15, 0.2) is 0 Å². The average Bonchev–Trinajstić information content (AvgIpc) is 2.87. The third-order valence-corrected chi connectivity index (χ3v) is 4.14. The van der Waals surface area contributed by atoms with Crippen molar-refractivity contribution in [2.45, 2.75) is 19.5 Å². The molecule has 0 unspecified atom stereocenters. The molecule has 1 amide bonds. The van der Waals surface area contributed by atoms with Gasteiger partial charge in [-0.2, -0.15) is 0 Å². The van der Waals surface area contributed by atoms with Crippen LogP contribution in [0.4, 0.5) is 0 Å². The van der Waals surface area contributed by atoms with Crippen LogP contribution in [0, 0.1) is 5.92 Å². The summed E-state index contributed by atoms with van der Waals surface area (Å²) in [5.41, 5.74) is 2.47. The molecule has 0 aromatic carbocycles. The molecule has 0 spiro atoms. The topological polar surface area (TPSA) is 50.2 Å². The second-order valence-electron chi connectivity index (χ2n) is 5.94. The van der Waals surface area contributed by atoms with Gasteiger partial charge in [0, 0.05) is 50.5 Å². The Morgan fingerprint density at radius 1 is 1.32 bits per heavy atom. The number of nitrogens with one attached hydrogen (secondary N) is 1. The number of hydrogen-bond donors (Lipinski definition) is 1. The van der Waals surface area contributed by atoms with Crippen LogP contribution in [0.5, 0.6) is 0 Å². The lowest BCUT2D eigenvalue weighted by molar-refractivity contribution is -0.125. The zero-order valence-corrected chi connectivity index (χ0v) is 12.9. The summed E-state index contributed by atoms with van der Waals surface area (Å²) in [6.07, 6.45) is 6.47. The van der Waals surface area contributed by atoms with Gasteiger partial charge < -0.3 is 9.88 Å². The monoisotopic (exact) mass is 298 g/mol. The summed E-state index contributed by atoms with van der Waals surface area (Å²) >= 11 is 0. The van der Waals surface area contributed by atoms with Crippen molar-refractivity contribution in [3.63, 3.8) is 0 Å². The van der Waals surface area contributed by atoms with E-state index in [4.69, 9.17) is 0 Å². The van der Waals surface area contributed by atoms with Crippen LogP contribution < -0.4 is 5.32 Å². The highest BCUT2D eigenvalue weighted by Gasteiger charge is 2.24. The van der Waals surface area contributed by atoms with Gasteiger partial charge in [-0.05, 0) is 43.3 Å². The molecule has 1 N–H and O–H groups in total. The van der Waals surface area contributed by atoms with Crippen LogP contribution >= 0.6 is 0 Å². The molecule has 0 bridgehead atoms. The average molecular weight is 298 g/mol. The van der Waals surface area contributed by atoms with Crippen LogP contribution in [0.3, 0.4) is 0 Å². The fourth-order valence-corrected chi connectivity index (χ4v) is 2.97. The molecule has 2 aromatic rings. The summed E-state index contributed by atoms with van der Waals surface area (Å²) in [6.45, 7) is 3.12. The number of hydrogen-bond acceptors (Lipinski definition) is 3. The first kappa shape index (κ1) is 14.8. The van der Waals surface area contributed by atoms with E-state index in [1.54, 1.807) is 12.4 Å². The Hall–Kier alpha value is -2.14. The first-order valence-corrected chi connectivity index (χ1v) is 7.71. The second kappa shape index (κ2) is 6.75. The number of aromatic nitrogens is 2. The Labute approximate surface area is 131 Å². The van der Waals surface area contributed by atoms with Crippen LogP contribution in [0.25, 0.3) is 0 Å². The second-order valence-corrected chi connectivity index (χ2v) is 5.94. The van der Waals surface area contributed by atoms with E-state index in [0.717, 1.165) is 26.1 Å². The molecule has 22 heavy (non-hydrogen) atoms. The zero-order valence-electron chi connectivity index (χ0n) is 12.9. The first-order valence-electron chi connectivity index (χ1n) is 7.71. The van der Waals surface area contributed by atoms with Crippen LogP contribution in [-0.4, -0.2) is 40.5 Å². The molecule has 3 rings (SSSR count). The van der Waals surface area contributed by atoms with E-state index in [9.17, 15) is 4.79 Å². The van der Waals surface area contributed by atoms with Crippen LogP contribution in [0.15, 0.2) is 42.9 Å². The molecular formula is C17H22N4O. The summed E-state index contributed by atoms with van der Waals surface area (Å²) in [7, 11) is 2.07. The van der Waals surface area contributed by atoms with E-state index in [-0.39, 0.29) is 11.8 Å². The van der Waals surface area contributed by atoms with Crippen molar-refractivity contribution in [1.29, 1.82) is 0 Å². The maximum atomic E-state index is 12.5. The lowest BCUT2D eigenvalue weighted by Crippen LogP contribution is -2.38. The number of fused-ring (bicyclic) bond motifs is 1. The summed E-state index contributed by atoms with van der Waals surface area (Å²) in [4.78, 5) is 18.7. The Morgan fingerprint density at radius 3 is 2.95 bits per heavy atom. The Morgan fingerprint density at radius 2 is 2.14 bits per heavy atom. The van der Waals surface area contributed by atoms with Crippen LogP contribution in [-0.2, 0) is 24.3 Å². The molecule has 5 heteroatoms. The SMILES string of the molecule is CN1Cc2cccn2C[C@@H](C(=O)NCCc2ccncc2)C1. The molecule has 0 aliphatic carbocycles. The molecule has 0 saturated carbocycles. The quantitative estimate of drug-likeness (QED) is 0.926. The third-order valence-electron chi connectivity index (χ3n) is 4.14. The standard InChI is InChI=1S/C17H22N4O/c1-20-11-15(12-21-10-2-3-16(21)13-20)17(22)19-9-6-14-4-7-18-8-5-14/h2-5,7-8,10,15H,6,9,11-13H2,1H3,(H,19,22)/t15-/m0/s1. The van der Waals surface area contributed by atoms with E-state index in [1.807, 2.05) is 18.2 Å². The van der Waals surface area contributed by atoms with Gasteiger partial charge in [0.1, 0.15) is 0 Å². The number of carbonyl (C=O) groups is 1. The van der Waals surface area contributed by atoms with Gasteiger partial charge in [-0.1, -0.05) is 0 Å². The lowest BCUT2D eigenvalue weighted by atomic mass is 10.1. The van der Waals surface area contributed by atoms with E-state index in [0.29, 0.717) is 6.54 Å². The molecule has 1 aliphatic heterocycles. The van der Waals surface area contributed by atoms with E-state index in [1.165, 1.54) is 11.3 Å². The van der Waals surface area contributed by atoms with E-state index in [2.05, 4.69) is 39.1 Å². The Balaban J connectivity index is 1.55. The van der Waals surface area contributed by atoms with Crippen LogP contribution in [0.1, 0.15) is 11.3 Å². The van der Waals surface area contributed by atoms with E-state index >= 15 is 0 Å². The van der Waals surface area contributed by atoms with Crippen molar-refractivity contribution in [2.24, 2.45) is 5.92 Å². The van der Waals surface area contributed by atoms with Crippen molar-refractivity contribution in [1.82, 2.24) is 19.8 Å². The molecule has 2 aromatic heterocycles. The van der Waals surface area contributed by atoms with Crippen molar-refractivity contribution < 1.29 is 4.79 Å². The van der Waals surface area contributed by atoms with Gasteiger partial charge in [0.2, 0.25) is 5.91 Å². The lowest BCUT2D eigenvalue weighted by Gasteiger charge is -2.19. The molecule has 5 nitrogen and oxygen atoms in total. The highest BCUT2D eigenvalue weighted by molar-refractivity contribution is 5.78. The van der Waals surface area contributed by atoms with Gasteiger partial charge in [0.05, 0.1) is 5.92 Å². The highest BCUT2D eigenvalue weighted by atomic mass is 16.1. The normalized spacial score (nSPS) is 18.5. The zero-order chi connectivity index (χ0) is 15.4. The molecule has 3 heterocycles. The molecule has 1 aliphatic rings. The molecule has 0 saturated heterocycles. The number of carbonyl (C=O) groups excluding carboxylic acids is 1. The smallest absolute Gasteiger partial charge is 0.226 e. The molecule has 116 valence electrons. The summed E-state index contributed by atoms with van der Waals surface area (Å²) in [6, 6.07) is 8.14. The minimum atomic E-state index is -0.00362. The molecule has 0 fully saturated rings. The minimum absolute atomic E-state index is 0.00362. The number of rotatable bonds is 4. The van der Waals surface area contributed by atoms with Crippen molar-refractivity contribution in [3.8, 4) is 0 Å². The van der Waals surface area contributed by atoms with Gasteiger partial charge >= 0.3 is 0 Å². The predicted molar refractivity (Wildman–Crippen MR) is 85.2 cm³/mol. The van der Waals surface area contributed by atoms with Gasteiger partial charge in [-0.15, -0.1) is 0 Å². The van der Waals surface area contributed by atoms with Crippen molar-refractivity contribution in [3.05, 3.63) is 54.1 Å².